The van der Waals surface area contributed by atoms with Crippen LogP contribution in [0.1, 0.15) is 12.8 Å². The summed E-state index contributed by atoms with van der Waals surface area (Å²) in [5.74, 6) is 0.506. The van der Waals surface area contributed by atoms with Gasteiger partial charge in [-0.25, -0.2) is 0 Å². The van der Waals surface area contributed by atoms with Gasteiger partial charge in [0.05, 0.1) is 19.8 Å². The zero-order chi connectivity index (χ0) is 15.4. The van der Waals surface area contributed by atoms with E-state index in [0.717, 1.165) is 31.6 Å². The first-order valence-corrected chi connectivity index (χ1v) is 8.01. The Balaban J connectivity index is 1.54. The lowest BCUT2D eigenvalue weighted by Crippen LogP contribution is -2.45. The second-order valence-corrected chi connectivity index (χ2v) is 6.04. The van der Waals surface area contributed by atoms with Gasteiger partial charge in [-0.2, -0.15) is 0 Å². The van der Waals surface area contributed by atoms with Gasteiger partial charge in [0, 0.05) is 25.2 Å². The van der Waals surface area contributed by atoms with Crippen LogP contribution in [0.5, 0.6) is 0 Å². The van der Waals surface area contributed by atoms with E-state index in [9.17, 15) is 4.79 Å². The molecular weight excluding hydrogens is 280 g/mol. The molecule has 0 aliphatic carbocycles. The standard InChI is InChI=1S/C17H24N2O3/c1-18(15-7-3-2-4-8-15)16(20)13-19-9-5-6-14(12-19)17-21-10-11-22-17/h2-4,7-8,14,17H,5-6,9-13H2,1H3. The molecule has 2 aliphatic rings. The smallest absolute Gasteiger partial charge is 0.240 e. The number of carbonyl (C=O) groups is 1. The number of para-hydroxylation sites is 1. The molecule has 5 nitrogen and oxygen atoms in total. The molecule has 1 unspecified atom stereocenters. The van der Waals surface area contributed by atoms with Gasteiger partial charge in [0.25, 0.3) is 0 Å². The topological polar surface area (TPSA) is 42.0 Å². The lowest BCUT2D eigenvalue weighted by Gasteiger charge is -2.35. The highest BCUT2D eigenvalue weighted by Crippen LogP contribution is 2.25. The largest absolute Gasteiger partial charge is 0.350 e. The fourth-order valence-corrected chi connectivity index (χ4v) is 3.20. The molecule has 0 radical (unpaired) electrons. The van der Waals surface area contributed by atoms with E-state index in [2.05, 4.69) is 4.90 Å². The Labute approximate surface area is 131 Å². The number of rotatable bonds is 4. The monoisotopic (exact) mass is 304 g/mol. The van der Waals surface area contributed by atoms with Crippen molar-refractivity contribution in [3.05, 3.63) is 30.3 Å². The minimum absolute atomic E-state index is 0.0789. The van der Waals surface area contributed by atoms with E-state index in [-0.39, 0.29) is 12.2 Å². The highest BCUT2D eigenvalue weighted by molar-refractivity contribution is 5.94. The third-order valence-corrected chi connectivity index (χ3v) is 4.45. The van der Waals surface area contributed by atoms with Crippen LogP contribution in [0.4, 0.5) is 5.69 Å². The number of likely N-dealkylation sites (N-methyl/N-ethyl adjacent to an activating group) is 1. The molecule has 0 saturated carbocycles. The number of likely N-dealkylation sites (tertiary alicyclic amines) is 1. The van der Waals surface area contributed by atoms with Crippen molar-refractivity contribution in [2.75, 3.05) is 44.8 Å². The van der Waals surface area contributed by atoms with Crippen LogP contribution in [-0.2, 0) is 14.3 Å². The number of ether oxygens (including phenoxy) is 2. The van der Waals surface area contributed by atoms with E-state index in [4.69, 9.17) is 9.47 Å². The van der Waals surface area contributed by atoms with Crippen LogP contribution in [0, 0.1) is 5.92 Å². The molecular formula is C17H24N2O3. The van der Waals surface area contributed by atoms with Gasteiger partial charge >= 0.3 is 0 Å². The van der Waals surface area contributed by atoms with Gasteiger partial charge in [0.15, 0.2) is 6.29 Å². The number of anilines is 1. The molecule has 2 fully saturated rings. The molecule has 2 aliphatic heterocycles. The van der Waals surface area contributed by atoms with Gasteiger partial charge in [-0.1, -0.05) is 18.2 Å². The number of amides is 1. The lowest BCUT2D eigenvalue weighted by atomic mass is 9.97. The zero-order valence-electron chi connectivity index (χ0n) is 13.1. The second kappa shape index (κ2) is 7.22. The van der Waals surface area contributed by atoms with Crippen molar-refractivity contribution in [1.82, 2.24) is 4.90 Å². The van der Waals surface area contributed by atoms with Crippen molar-refractivity contribution in [2.45, 2.75) is 19.1 Å². The van der Waals surface area contributed by atoms with Gasteiger partial charge < -0.3 is 14.4 Å². The molecule has 1 aromatic carbocycles. The minimum atomic E-state index is -0.0789. The van der Waals surface area contributed by atoms with Crippen molar-refractivity contribution in [1.29, 1.82) is 0 Å². The summed E-state index contributed by atoms with van der Waals surface area (Å²) in [5.41, 5.74) is 0.934. The Kier molecular flexibility index (Phi) is 5.08. The fourth-order valence-electron chi connectivity index (χ4n) is 3.20. The van der Waals surface area contributed by atoms with Crippen LogP contribution in [-0.4, -0.2) is 57.0 Å². The van der Waals surface area contributed by atoms with Crippen molar-refractivity contribution >= 4 is 11.6 Å². The molecule has 0 N–H and O–H groups in total. The molecule has 5 heteroatoms. The Bertz CT molecular complexity index is 488. The van der Waals surface area contributed by atoms with Crippen LogP contribution in [0.3, 0.4) is 0 Å². The maximum atomic E-state index is 12.5. The number of carbonyl (C=O) groups excluding carboxylic acids is 1. The molecule has 0 bridgehead atoms. The van der Waals surface area contributed by atoms with Crippen LogP contribution in [0.15, 0.2) is 30.3 Å². The van der Waals surface area contributed by atoms with E-state index in [1.54, 1.807) is 4.90 Å². The van der Waals surface area contributed by atoms with Crippen LogP contribution >= 0.6 is 0 Å². The number of piperidine rings is 1. The second-order valence-electron chi connectivity index (χ2n) is 6.04. The average molecular weight is 304 g/mol. The molecule has 22 heavy (non-hydrogen) atoms. The van der Waals surface area contributed by atoms with Crippen LogP contribution < -0.4 is 4.90 Å². The molecule has 0 spiro atoms. The quantitative estimate of drug-likeness (QED) is 0.849. The van der Waals surface area contributed by atoms with Crippen LogP contribution in [0.2, 0.25) is 0 Å². The molecule has 3 rings (SSSR count). The molecule has 1 amide bonds. The fraction of sp³-hybridized carbons (Fsp3) is 0.588. The maximum Gasteiger partial charge on any atom is 0.240 e. The van der Waals surface area contributed by atoms with Gasteiger partial charge in [-0.05, 0) is 31.5 Å². The Morgan fingerprint density at radius 2 is 2.00 bits per heavy atom. The summed E-state index contributed by atoms with van der Waals surface area (Å²) < 4.78 is 11.2. The molecule has 2 heterocycles. The maximum absolute atomic E-state index is 12.5. The Morgan fingerprint density at radius 1 is 1.27 bits per heavy atom. The molecule has 2 saturated heterocycles. The van der Waals surface area contributed by atoms with Gasteiger partial charge in [0.2, 0.25) is 5.91 Å². The summed E-state index contributed by atoms with van der Waals surface area (Å²) in [6.45, 7) is 3.68. The first-order valence-electron chi connectivity index (χ1n) is 8.01. The first kappa shape index (κ1) is 15.5. The SMILES string of the molecule is CN(C(=O)CN1CCCC(C2OCCO2)C1)c1ccccc1. The van der Waals surface area contributed by atoms with Crippen molar-refractivity contribution in [3.63, 3.8) is 0 Å². The van der Waals surface area contributed by atoms with E-state index in [1.807, 2.05) is 37.4 Å². The van der Waals surface area contributed by atoms with E-state index >= 15 is 0 Å². The summed E-state index contributed by atoms with van der Waals surface area (Å²) in [7, 11) is 1.84. The first-order chi connectivity index (χ1) is 10.7. The van der Waals surface area contributed by atoms with Crippen molar-refractivity contribution in [2.24, 2.45) is 5.92 Å². The molecule has 120 valence electrons. The summed E-state index contributed by atoms with van der Waals surface area (Å²) in [5, 5.41) is 0. The number of benzene rings is 1. The van der Waals surface area contributed by atoms with E-state index < -0.39 is 0 Å². The van der Waals surface area contributed by atoms with E-state index in [1.165, 1.54) is 0 Å². The number of nitrogens with zero attached hydrogens (tertiary/aromatic N) is 2. The number of hydrogen-bond donors (Lipinski definition) is 0. The summed E-state index contributed by atoms with van der Waals surface area (Å²) in [6, 6.07) is 9.77. The highest BCUT2D eigenvalue weighted by Gasteiger charge is 2.31. The molecule has 1 aromatic rings. The summed E-state index contributed by atoms with van der Waals surface area (Å²) >= 11 is 0. The summed E-state index contributed by atoms with van der Waals surface area (Å²) in [4.78, 5) is 16.4. The number of hydrogen-bond acceptors (Lipinski definition) is 4. The van der Waals surface area contributed by atoms with Gasteiger partial charge in [-0.3, -0.25) is 9.69 Å². The predicted molar refractivity (Wildman–Crippen MR) is 84.7 cm³/mol. The van der Waals surface area contributed by atoms with E-state index in [0.29, 0.717) is 25.7 Å². The Morgan fingerprint density at radius 3 is 2.73 bits per heavy atom. The average Bonchev–Trinajstić information content (AvgIpc) is 3.10. The molecule has 1 atom stereocenters. The van der Waals surface area contributed by atoms with Crippen molar-refractivity contribution < 1.29 is 14.3 Å². The highest BCUT2D eigenvalue weighted by atomic mass is 16.7. The summed E-state index contributed by atoms with van der Waals surface area (Å²) in [6.07, 6.45) is 2.13. The molecule has 0 aromatic heterocycles. The predicted octanol–water partition coefficient (Wildman–Crippen LogP) is 1.73. The van der Waals surface area contributed by atoms with Crippen molar-refractivity contribution in [3.8, 4) is 0 Å². The third kappa shape index (κ3) is 3.66. The third-order valence-electron chi connectivity index (χ3n) is 4.45. The Hall–Kier alpha value is -1.43. The zero-order valence-corrected chi connectivity index (χ0v) is 13.1. The normalized spacial score (nSPS) is 23.6. The minimum Gasteiger partial charge on any atom is -0.350 e. The van der Waals surface area contributed by atoms with Gasteiger partial charge in [-0.15, -0.1) is 0 Å². The lowest BCUT2D eigenvalue weighted by molar-refractivity contribution is -0.123. The van der Waals surface area contributed by atoms with Gasteiger partial charge in [0.1, 0.15) is 0 Å². The van der Waals surface area contributed by atoms with Crippen LogP contribution in [0.25, 0.3) is 0 Å².